The van der Waals surface area contributed by atoms with E-state index in [9.17, 15) is 4.39 Å². The van der Waals surface area contributed by atoms with Gasteiger partial charge in [-0.1, -0.05) is 25.1 Å². The summed E-state index contributed by atoms with van der Waals surface area (Å²) in [5, 5.41) is 3.16. The van der Waals surface area contributed by atoms with E-state index in [2.05, 4.69) is 27.6 Å². The van der Waals surface area contributed by atoms with Gasteiger partial charge in [-0.05, 0) is 19.4 Å². The quantitative estimate of drug-likeness (QED) is 0.563. The van der Waals surface area contributed by atoms with Gasteiger partial charge in [-0.25, -0.2) is 20.2 Å². The zero-order valence-corrected chi connectivity index (χ0v) is 12.3. The Kier molecular flexibility index (Phi) is 5.05. The molecule has 1 aromatic heterocycles. The first kappa shape index (κ1) is 15.2. The summed E-state index contributed by atoms with van der Waals surface area (Å²) < 4.78 is 13.6. The van der Waals surface area contributed by atoms with Gasteiger partial charge >= 0.3 is 0 Å². The van der Waals surface area contributed by atoms with E-state index in [1.807, 2.05) is 13.0 Å². The van der Waals surface area contributed by atoms with Gasteiger partial charge in [-0.15, -0.1) is 0 Å². The molecule has 0 saturated heterocycles. The third-order valence-corrected chi connectivity index (χ3v) is 3.21. The SMILES string of the molecule is CCCc1nc(NN)c(C)c(NCc2ccccc2F)n1. The summed E-state index contributed by atoms with van der Waals surface area (Å²) in [6.07, 6.45) is 1.71. The van der Waals surface area contributed by atoms with Gasteiger partial charge in [-0.3, -0.25) is 0 Å². The van der Waals surface area contributed by atoms with Crippen LogP contribution < -0.4 is 16.6 Å². The molecule has 0 saturated carbocycles. The van der Waals surface area contributed by atoms with Crippen molar-refractivity contribution >= 4 is 11.6 Å². The lowest BCUT2D eigenvalue weighted by Gasteiger charge is -2.13. The molecular formula is C15H20FN5. The highest BCUT2D eigenvalue weighted by Crippen LogP contribution is 2.20. The number of hydrazine groups is 1. The van der Waals surface area contributed by atoms with E-state index < -0.39 is 0 Å². The first-order chi connectivity index (χ1) is 10.2. The number of hydrogen-bond acceptors (Lipinski definition) is 5. The number of aromatic nitrogens is 2. The maximum Gasteiger partial charge on any atom is 0.148 e. The van der Waals surface area contributed by atoms with E-state index in [0.717, 1.165) is 18.4 Å². The third kappa shape index (κ3) is 3.66. The lowest BCUT2D eigenvalue weighted by molar-refractivity contribution is 0.613. The number of aryl methyl sites for hydroxylation is 1. The zero-order valence-electron chi connectivity index (χ0n) is 12.3. The van der Waals surface area contributed by atoms with E-state index >= 15 is 0 Å². The summed E-state index contributed by atoms with van der Waals surface area (Å²) >= 11 is 0. The summed E-state index contributed by atoms with van der Waals surface area (Å²) in [6, 6.07) is 6.67. The standard InChI is InChI=1S/C15H20FN5/c1-3-6-13-19-14(10(2)15(20-13)21-17)18-9-11-7-4-5-8-12(11)16/h4-5,7-8H,3,6,9,17H2,1-2H3,(H2,18,19,20,21). The van der Waals surface area contributed by atoms with Crippen molar-refractivity contribution in [2.75, 3.05) is 10.7 Å². The average Bonchev–Trinajstić information content (AvgIpc) is 2.49. The second kappa shape index (κ2) is 6.99. The van der Waals surface area contributed by atoms with Gasteiger partial charge in [0.25, 0.3) is 0 Å². The van der Waals surface area contributed by atoms with Crippen molar-refractivity contribution in [2.24, 2.45) is 5.84 Å². The predicted molar refractivity (Wildman–Crippen MR) is 82.3 cm³/mol. The highest BCUT2D eigenvalue weighted by molar-refractivity contribution is 5.56. The van der Waals surface area contributed by atoms with Crippen LogP contribution in [0.1, 0.15) is 30.3 Å². The molecule has 2 aromatic rings. The molecule has 0 unspecified atom stereocenters. The lowest BCUT2D eigenvalue weighted by atomic mass is 10.2. The van der Waals surface area contributed by atoms with Gasteiger partial charge in [0, 0.05) is 24.1 Å². The van der Waals surface area contributed by atoms with Crippen LogP contribution >= 0.6 is 0 Å². The minimum atomic E-state index is -0.234. The van der Waals surface area contributed by atoms with Crippen molar-refractivity contribution < 1.29 is 4.39 Å². The van der Waals surface area contributed by atoms with Crippen molar-refractivity contribution in [3.8, 4) is 0 Å². The number of nitrogens with two attached hydrogens (primary N) is 1. The Labute approximate surface area is 123 Å². The first-order valence-corrected chi connectivity index (χ1v) is 6.97. The number of rotatable bonds is 6. The smallest absolute Gasteiger partial charge is 0.148 e. The number of nitrogens with one attached hydrogen (secondary N) is 2. The van der Waals surface area contributed by atoms with Crippen molar-refractivity contribution in [1.29, 1.82) is 0 Å². The van der Waals surface area contributed by atoms with Crippen LogP contribution in [0.2, 0.25) is 0 Å². The summed E-state index contributed by atoms with van der Waals surface area (Å²) in [5.41, 5.74) is 3.98. The Morgan fingerprint density at radius 1 is 1.19 bits per heavy atom. The Hall–Kier alpha value is -2.21. The van der Waals surface area contributed by atoms with Crippen LogP contribution in [0.4, 0.5) is 16.0 Å². The maximum atomic E-state index is 13.6. The molecule has 0 fully saturated rings. The van der Waals surface area contributed by atoms with Gasteiger partial charge in [0.1, 0.15) is 23.3 Å². The Bertz CT molecular complexity index is 615. The fourth-order valence-electron chi connectivity index (χ4n) is 2.03. The Balaban J connectivity index is 2.22. The van der Waals surface area contributed by atoms with Crippen LogP contribution in [0.3, 0.4) is 0 Å². The fourth-order valence-corrected chi connectivity index (χ4v) is 2.03. The normalized spacial score (nSPS) is 10.5. The van der Waals surface area contributed by atoms with Crippen LogP contribution in [0, 0.1) is 12.7 Å². The van der Waals surface area contributed by atoms with E-state index in [4.69, 9.17) is 5.84 Å². The summed E-state index contributed by atoms with van der Waals surface area (Å²) in [6.45, 7) is 4.29. The first-order valence-electron chi connectivity index (χ1n) is 6.97. The monoisotopic (exact) mass is 289 g/mol. The zero-order chi connectivity index (χ0) is 15.2. The molecule has 0 amide bonds. The van der Waals surface area contributed by atoms with Crippen molar-refractivity contribution in [3.63, 3.8) is 0 Å². The van der Waals surface area contributed by atoms with Gasteiger partial charge < -0.3 is 10.7 Å². The highest BCUT2D eigenvalue weighted by Gasteiger charge is 2.10. The summed E-state index contributed by atoms with van der Waals surface area (Å²) in [5.74, 6) is 7.23. The molecule has 1 heterocycles. The van der Waals surface area contributed by atoms with Crippen LogP contribution in [0.5, 0.6) is 0 Å². The van der Waals surface area contributed by atoms with Crippen molar-refractivity contribution in [2.45, 2.75) is 33.2 Å². The van der Waals surface area contributed by atoms with E-state index in [1.54, 1.807) is 12.1 Å². The molecule has 6 heteroatoms. The van der Waals surface area contributed by atoms with Crippen molar-refractivity contribution in [3.05, 3.63) is 47.0 Å². The molecule has 1 aromatic carbocycles. The molecule has 0 radical (unpaired) electrons. The highest BCUT2D eigenvalue weighted by atomic mass is 19.1. The largest absolute Gasteiger partial charge is 0.365 e. The molecule has 0 aliphatic rings. The second-order valence-electron chi connectivity index (χ2n) is 4.80. The molecule has 21 heavy (non-hydrogen) atoms. The number of nitrogens with zero attached hydrogens (tertiary/aromatic N) is 2. The Morgan fingerprint density at radius 3 is 2.57 bits per heavy atom. The Morgan fingerprint density at radius 2 is 1.90 bits per heavy atom. The molecular weight excluding hydrogens is 269 g/mol. The number of anilines is 2. The fraction of sp³-hybridized carbons (Fsp3) is 0.333. The van der Waals surface area contributed by atoms with Crippen LogP contribution in [-0.2, 0) is 13.0 Å². The molecule has 112 valence electrons. The number of halogens is 1. The summed E-state index contributed by atoms with van der Waals surface area (Å²) in [7, 11) is 0. The second-order valence-corrected chi connectivity index (χ2v) is 4.80. The maximum absolute atomic E-state index is 13.6. The molecule has 0 atom stereocenters. The minimum Gasteiger partial charge on any atom is -0.365 e. The molecule has 2 rings (SSSR count). The van der Waals surface area contributed by atoms with Gasteiger partial charge in [0.2, 0.25) is 0 Å². The van der Waals surface area contributed by atoms with Crippen LogP contribution in [0.15, 0.2) is 24.3 Å². The van der Waals surface area contributed by atoms with Gasteiger partial charge in [0.15, 0.2) is 0 Å². The average molecular weight is 289 g/mol. The van der Waals surface area contributed by atoms with E-state index in [0.29, 0.717) is 29.6 Å². The van der Waals surface area contributed by atoms with Gasteiger partial charge in [0.05, 0.1) is 0 Å². The lowest BCUT2D eigenvalue weighted by Crippen LogP contribution is -2.15. The van der Waals surface area contributed by atoms with Crippen LogP contribution in [-0.4, -0.2) is 9.97 Å². The molecule has 0 bridgehead atoms. The summed E-state index contributed by atoms with van der Waals surface area (Å²) in [4.78, 5) is 8.83. The molecule has 4 N–H and O–H groups in total. The van der Waals surface area contributed by atoms with Crippen LogP contribution in [0.25, 0.3) is 0 Å². The molecule has 5 nitrogen and oxygen atoms in total. The van der Waals surface area contributed by atoms with Gasteiger partial charge in [-0.2, -0.15) is 0 Å². The van der Waals surface area contributed by atoms with Crippen molar-refractivity contribution in [1.82, 2.24) is 9.97 Å². The molecule has 0 aliphatic heterocycles. The number of nitrogen functional groups attached to an aromatic ring is 1. The predicted octanol–water partition coefficient (Wildman–Crippen LogP) is 2.77. The molecule has 0 aliphatic carbocycles. The molecule has 0 spiro atoms. The minimum absolute atomic E-state index is 0.234. The van der Waals surface area contributed by atoms with E-state index in [1.165, 1.54) is 6.07 Å². The third-order valence-electron chi connectivity index (χ3n) is 3.21. The topological polar surface area (TPSA) is 75.9 Å². The number of hydrogen-bond donors (Lipinski definition) is 3. The number of benzene rings is 1. The van der Waals surface area contributed by atoms with E-state index in [-0.39, 0.29) is 5.82 Å².